The second-order valence-corrected chi connectivity index (χ2v) is 8.51. The molecule has 1 amide bonds. The van der Waals surface area contributed by atoms with Gasteiger partial charge in [-0.2, -0.15) is 0 Å². The van der Waals surface area contributed by atoms with Gasteiger partial charge in [-0.15, -0.1) is 0 Å². The maximum atomic E-state index is 11.9. The summed E-state index contributed by atoms with van der Waals surface area (Å²) in [6, 6.07) is 2.20. The SMILES string of the molecule is CC(C)(C)OC(=O)NC1CCC(NC2CCN3CCCCC23)C1. The van der Waals surface area contributed by atoms with Crippen LogP contribution >= 0.6 is 0 Å². The fraction of sp³-hybridized carbons (Fsp3) is 0.944. The maximum Gasteiger partial charge on any atom is 0.407 e. The Morgan fingerprint density at radius 3 is 2.61 bits per heavy atom. The van der Waals surface area contributed by atoms with Crippen molar-refractivity contribution in [1.29, 1.82) is 0 Å². The number of nitrogens with zero attached hydrogens (tertiary/aromatic N) is 1. The van der Waals surface area contributed by atoms with E-state index in [1.807, 2.05) is 20.8 Å². The van der Waals surface area contributed by atoms with Gasteiger partial charge < -0.3 is 15.4 Å². The molecule has 2 saturated heterocycles. The number of amides is 1. The van der Waals surface area contributed by atoms with Gasteiger partial charge in [-0.1, -0.05) is 6.42 Å². The summed E-state index contributed by atoms with van der Waals surface area (Å²) in [6.07, 6.45) is 8.35. The van der Waals surface area contributed by atoms with E-state index in [0.29, 0.717) is 12.1 Å². The summed E-state index contributed by atoms with van der Waals surface area (Å²) in [4.78, 5) is 14.6. The van der Waals surface area contributed by atoms with Gasteiger partial charge in [-0.25, -0.2) is 4.79 Å². The molecule has 5 nitrogen and oxygen atoms in total. The van der Waals surface area contributed by atoms with Crippen molar-refractivity contribution in [1.82, 2.24) is 15.5 Å². The van der Waals surface area contributed by atoms with Gasteiger partial charge >= 0.3 is 6.09 Å². The molecule has 2 N–H and O–H groups in total. The second kappa shape index (κ2) is 6.98. The van der Waals surface area contributed by atoms with Gasteiger partial charge in [0.2, 0.25) is 0 Å². The van der Waals surface area contributed by atoms with E-state index in [-0.39, 0.29) is 12.1 Å². The van der Waals surface area contributed by atoms with Crippen LogP contribution in [0.3, 0.4) is 0 Å². The van der Waals surface area contributed by atoms with Gasteiger partial charge in [0.15, 0.2) is 0 Å². The quantitative estimate of drug-likeness (QED) is 0.838. The minimum Gasteiger partial charge on any atom is -0.444 e. The van der Waals surface area contributed by atoms with E-state index in [1.54, 1.807) is 0 Å². The van der Waals surface area contributed by atoms with Gasteiger partial charge in [0.05, 0.1) is 0 Å². The monoisotopic (exact) mass is 323 g/mol. The lowest BCUT2D eigenvalue weighted by atomic mass is 9.98. The third-order valence-corrected chi connectivity index (χ3v) is 5.46. The number of rotatable bonds is 3. The second-order valence-electron chi connectivity index (χ2n) is 8.51. The van der Waals surface area contributed by atoms with Crippen molar-refractivity contribution < 1.29 is 9.53 Å². The molecular weight excluding hydrogens is 290 g/mol. The molecule has 1 aliphatic carbocycles. The molecule has 0 aromatic rings. The van der Waals surface area contributed by atoms with Crippen LogP contribution in [0.1, 0.15) is 65.7 Å². The van der Waals surface area contributed by atoms with Crippen LogP contribution in [0.15, 0.2) is 0 Å². The van der Waals surface area contributed by atoms with Crippen LogP contribution in [0.2, 0.25) is 0 Å². The summed E-state index contributed by atoms with van der Waals surface area (Å²) < 4.78 is 5.36. The number of carbonyl (C=O) groups excluding carboxylic acids is 1. The molecule has 4 unspecified atom stereocenters. The van der Waals surface area contributed by atoms with Crippen molar-refractivity contribution >= 4 is 6.09 Å². The highest BCUT2D eigenvalue weighted by Gasteiger charge is 2.37. The average Bonchev–Trinajstić information content (AvgIpc) is 3.05. The van der Waals surface area contributed by atoms with Gasteiger partial charge in [-0.3, -0.25) is 4.90 Å². The minimum absolute atomic E-state index is 0.256. The predicted octanol–water partition coefficient (Wildman–Crippen LogP) is 2.65. The van der Waals surface area contributed by atoms with Crippen molar-refractivity contribution in [3.05, 3.63) is 0 Å². The molecule has 23 heavy (non-hydrogen) atoms. The lowest BCUT2D eigenvalue weighted by molar-refractivity contribution is 0.0505. The molecule has 3 aliphatic rings. The van der Waals surface area contributed by atoms with E-state index in [0.717, 1.165) is 25.3 Å². The number of nitrogens with one attached hydrogen (secondary N) is 2. The molecule has 132 valence electrons. The number of alkyl carbamates (subject to hydrolysis) is 1. The first-order valence-corrected chi connectivity index (χ1v) is 9.40. The van der Waals surface area contributed by atoms with Crippen LogP contribution < -0.4 is 10.6 Å². The van der Waals surface area contributed by atoms with E-state index in [1.165, 1.54) is 38.8 Å². The zero-order chi connectivity index (χ0) is 16.4. The van der Waals surface area contributed by atoms with Crippen molar-refractivity contribution in [2.75, 3.05) is 13.1 Å². The molecular formula is C18H33N3O2. The zero-order valence-corrected chi connectivity index (χ0v) is 14.9. The smallest absolute Gasteiger partial charge is 0.407 e. The fourth-order valence-corrected chi connectivity index (χ4v) is 4.48. The standard InChI is InChI=1S/C18H33N3O2/c1-18(2,3)23-17(22)20-14-8-7-13(12-14)19-15-9-11-21-10-5-4-6-16(15)21/h13-16,19H,4-12H2,1-3H3,(H,20,22). The first-order valence-electron chi connectivity index (χ1n) is 9.40. The Balaban J connectivity index is 1.42. The molecule has 2 heterocycles. The van der Waals surface area contributed by atoms with E-state index >= 15 is 0 Å². The average molecular weight is 323 g/mol. The van der Waals surface area contributed by atoms with Gasteiger partial charge in [0, 0.05) is 30.7 Å². The Labute approximate surface area is 140 Å². The predicted molar refractivity (Wildman–Crippen MR) is 91.5 cm³/mol. The highest BCUT2D eigenvalue weighted by Crippen LogP contribution is 2.29. The molecule has 5 heteroatoms. The Bertz CT molecular complexity index is 421. The summed E-state index contributed by atoms with van der Waals surface area (Å²) in [7, 11) is 0. The Morgan fingerprint density at radius 1 is 1.04 bits per heavy atom. The number of hydrogen-bond acceptors (Lipinski definition) is 4. The molecule has 0 bridgehead atoms. The van der Waals surface area contributed by atoms with E-state index < -0.39 is 5.60 Å². The van der Waals surface area contributed by atoms with Crippen LogP contribution in [-0.4, -0.2) is 53.9 Å². The molecule has 0 radical (unpaired) electrons. The third-order valence-electron chi connectivity index (χ3n) is 5.46. The van der Waals surface area contributed by atoms with Crippen LogP contribution in [0.5, 0.6) is 0 Å². The van der Waals surface area contributed by atoms with Crippen LogP contribution in [0.4, 0.5) is 4.79 Å². The molecule has 4 atom stereocenters. The summed E-state index contributed by atoms with van der Waals surface area (Å²) in [5.41, 5.74) is -0.422. The number of carbonyl (C=O) groups is 1. The topological polar surface area (TPSA) is 53.6 Å². The summed E-state index contributed by atoms with van der Waals surface area (Å²) in [5.74, 6) is 0. The van der Waals surface area contributed by atoms with E-state index in [2.05, 4.69) is 15.5 Å². The molecule has 3 fully saturated rings. The third kappa shape index (κ3) is 4.60. The summed E-state index contributed by atoms with van der Waals surface area (Å²) in [6.45, 7) is 8.26. The number of piperidine rings is 1. The number of fused-ring (bicyclic) bond motifs is 1. The Kier molecular flexibility index (Phi) is 5.16. The highest BCUT2D eigenvalue weighted by molar-refractivity contribution is 5.68. The molecule has 0 aromatic carbocycles. The summed E-state index contributed by atoms with van der Waals surface area (Å²) in [5, 5.41) is 6.93. The maximum absolute atomic E-state index is 11.9. The van der Waals surface area contributed by atoms with Crippen LogP contribution in [0, 0.1) is 0 Å². The summed E-state index contributed by atoms with van der Waals surface area (Å²) >= 11 is 0. The molecule has 0 aromatic heterocycles. The van der Waals surface area contributed by atoms with Crippen molar-refractivity contribution in [3.8, 4) is 0 Å². The van der Waals surface area contributed by atoms with Gasteiger partial charge in [-0.05, 0) is 65.8 Å². The molecule has 3 rings (SSSR count). The lowest BCUT2D eigenvalue weighted by Crippen LogP contribution is -2.48. The molecule has 1 saturated carbocycles. The zero-order valence-electron chi connectivity index (χ0n) is 14.9. The largest absolute Gasteiger partial charge is 0.444 e. The Morgan fingerprint density at radius 2 is 1.83 bits per heavy atom. The lowest BCUT2D eigenvalue weighted by Gasteiger charge is -2.33. The van der Waals surface area contributed by atoms with Gasteiger partial charge in [0.25, 0.3) is 0 Å². The van der Waals surface area contributed by atoms with Crippen molar-refractivity contribution in [2.45, 2.75) is 95.5 Å². The molecule has 2 aliphatic heterocycles. The number of ether oxygens (including phenoxy) is 1. The Hall–Kier alpha value is -0.810. The van der Waals surface area contributed by atoms with E-state index in [4.69, 9.17) is 4.74 Å². The first-order chi connectivity index (χ1) is 10.9. The van der Waals surface area contributed by atoms with Crippen LogP contribution in [-0.2, 0) is 4.74 Å². The highest BCUT2D eigenvalue weighted by atomic mass is 16.6. The first kappa shape index (κ1) is 17.0. The van der Waals surface area contributed by atoms with Gasteiger partial charge in [0.1, 0.15) is 5.60 Å². The van der Waals surface area contributed by atoms with Crippen LogP contribution in [0.25, 0.3) is 0 Å². The normalized spacial score (nSPS) is 35.1. The number of hydrogen-bond donors (Lipinski definition) is 2. The molecule has 0 spiro atoms. The van der Waals surface area contributed by atoms with E-state index in [9.17, 15) is 4.79 Å². The fourth-order valence-electron chi connectivity index (χ4n) is 4.48. The van der Waals surface area contributed by atoms with Crippen molar-refractivity contribution in [2.24, 2.45) is 0 Å². The van der Waals surface area contributed by atoms with Crippen molar-refractivity contribution in [3.63, 3.8) is 0 Å². The minimum atomic E-state index is -0.422.